The normalized spacial score (nSPS) is 11.2. The molecule has 0 aliphatic rings. The maximum absolute atomic E-state index is 13.4. The SMILES string of the molecule is CCCn1c(-c2c(N)cccc2Cl)nc2cc(F)ccc21. The fourth-order valence-corrected chi connectivity index (χ4v) is 2.79. The molecule has 3 nitrogen and oxygen atoms in total. The van der Waals surface area contributed by atoms with Gasteiger partial charge in [0.1, 0.15) is 11.6 Å². The molecule has 3 aromatic rings. The molecule has 21 heavy (non-hydrogen) atoms. The van der Waals surface area contributed by atoms with Gasteiger partial charge in [-0.15, -0.1) is 0 Å². The summed E-state index contributed by atoms with van der Waals surface area (Å²) in [5.74, 6) is 0.378. The molecule has 0 bridgehead atoms. The van der Waals surface area contributed by atoms with E-state index in [0.717, 1.165) is 18.5 Å². The van der Waals surface area contributed by atoms with E-state index in [1.54, 1.807) is 24.3 Å². The van der Waals surface area contributed by atoms with Gasteiger partial charge in [0.15, 0.2) is 0 Å². The van der Waals surface area contributed by atoms with Gasteiger partial charge in [-0.05, 0) is 30.7 Å². The topological polar surface area (TPSA) is 43.8 Å². The molecular weight excluding hydrogens is 289 g/mol. The monoisotopic (exact) mass is 303 g/mol. The molecule has 5 heteroatoms. The zero-order valence-electron chi connectivity index (χ0n) is 11.6. The number of imidazole rings is 1. The number of nitrogens with zero attached hydrogens (tertiary/aromatic N) is 2. The minimum absolute atomic E-state index is 0.303. The summed E-state index contributed by atoms with van der Waals surface area (Å²) in [7, 11) is 0. The first-order valence-corrected chi connectivity index (χ1v) is 7.19. The summed E-state index contributed by atoms with van der Waals surface area (Å²) in [4.78, 5) is 4.54. The van der Waals surface area contributed by atoms with Gasteiger partial charge in [0.2, 0.25) is 0 Å². The molecule has 0 unspecified atom stereocenters. The van der Waals surface area contributed by atoms with Crippen molar-refractivity contribution in [1.29, 1.82) is 0 Å². The first-order chi connectivity index (χ1) is 10.1. The molecule has 2 aromatic carbocycles. The van der Waals surface area contributed by atoms with E-state index in [4.69, 9.17) is 17.3 Å². The lowest BCUT2D eigenvalue weighted by atomic mass is 10.1. The van der Waals surface area contributed by atoms with Crippen LogP contribution in [0.5, 0.6) is 0 Å². The van der Waals surface area contributed by atoms with Crippen LogP contribution in [0.15, 0.2) is 36.4 Å². The molecule has 0 amide bonds. The second-order valence-electron chi connectivity index (χ2n) is 4.92. The number of fused-ring (bicyclic) bond motifs is 1. The molecule has 0 aliphatic heterocycles. The molecule has 3 rings (SSSR count). The van der Waals surface area contributed by atoms with Crippen molar-refractivity contribution in [3.8, 4) is 11.4 Å². The van der Waals surface area contributed by atoms with Crippen LogP contribution in [-0.2, 0) is 6.54 Å². The lowest BCUT2D eigenvalue weighted by molar-refractivity contribution is 0.629. The number of rotatable bonds is 3. The van der Waals surface area contributed by atoms with Gasteiger partial charge in [-0.25, -0.2) is 9.37 Å². The van der Waals surface area contributed by atoms with E-state index in [0.29, 0.717) is 27.6 Å². The van der Waals surface area contributed by atoms with Crippen molar-refractivity contribution >= 4 is 28.3 Å². The third-order valence-corrected chi connectivity index (χ3v) is 3.74. The van der Waals surface area contributed by atoms with Crippen LogP contribution in [0.1, 0.15) is 13.3 Å². The Morgan fingerprint density at radius 2 is 2.10 bits per heavy atom. The van der Waals surface area contributed by atoms with Crippen LogP contribution in [0.4, 0.5) is 10.1 Å². The summed E-state index contributed by atoms with van der Waals surface area (Å²) < 4.78 is 15.5. The van der Waals surface area contributed by atoms with E-state index >= 15 is 0 Å². The van der Waals surface area contributed by atoms with E-state index in [-0.39, 0.29) is 5.82 Å². The number of aromatic nitrogens is 2. The number of anilines is 1. The smallest absolute Gasteiger partial charge is 0.144 e. The second-order valence-corrected chi connectivity index (χ2v) is 5.33. The molecule has 0 aliphatic carbocycles. The Bertz CT molecular complexity index is 790. The van der Waals surface area contributed by atoms with E-state index in [2.05, 4.69) is 11.9 Å². The number of aryl methyl sites for hydroxylation is 1. The van der Waals surface area contributed by atoms with Gasteiger partial charge in [0.25, 0.3) is 0 Å². The number of hydrogen-bond donors (Lipinski definition) is 1. The van der Waals surface area contributed by atoms with Gasteiger partial charge in [-0.1, -0.05) is 24.6 Å². The highest BCUT2D eigenvalue weighted by Crippen LogP contribution is 2.34. The van der Waals surface area contributed by atoms with E-state index in [1.807, 2.05) is 4.57 Å². The Morgan fingerprint density at radius 3 is 2.81 bits per heavy atom. The van der Waals surface area contributed by atoms with Gasteiger partial charge >= 0.3 is 0 Å². The van der Waals surface area contributed by atoms with Gasteiger partial charge in [-0.2, -0.15) is 0 Å². The van der Waals surface area contributed by atoms with Crippen molar-refractivity contribution < 1.29 is 4.39 Å². The van der Waals surface area contributed by atoms with Gasteiger partial charge in [0.05, 0.1) is 21.6 Å². The molecule has 0 spiro atoms. The first-order valence-electron chi connectivity index (χ1n) is 6.82. The minimum Gasteiger partial charge on any atom is -0.398 e. The highest BCUT2D eigenvalue weighted by Gasteiger charge is 2.17. The fourth-order valence-electron chi connectivity index (χ4n) is 2.52. The van der Waals surface area contributed by atoms with Gasteiger partial charge in [-0.3, -0.25) is 0 Å². The number of hydrogen-bond acceptors (Lipinski definition) is 2. The molecule has 0 saturated heterocycles. The Balaban J connectivity index is 2.33. The molecule has 2 N–H and O–H groups in total. The lowest BCUT2D eigenvalue weighted by Crippen LogP contribution is -2.02. The summed E-state index contributed by atoms with van der Waals surface area (Å²) in [5, 5.41) is 0.545. The first kappa shape index (κ1) is 13.9. The fraction of sp³-hybridized carbons (Fsp3) is 0.188. The van der Waals surface area contributed by atoms with Gasteiger partial charge < -0.3 is 10.3 Å². The number of nitrogen functional groups attached to an aromatic ring is 1. The molecule has 0 atom stereocenters. The maximum Gasteiger partial charge on any atom is 0.144 e. The molecule has 0 saturated carbocycles. The molecule has 1 aromatic heterocycles. The zero-order valence-corrected chi connectivity index (χ0v) is 12.4. The van der Waals surface area contributed by atoms with E-state index in [9.17, 15) is 4.39 Å². The third kappa shape index (κ3) is 2.36. The van der Waals surface area contributed by atoms with Crippen LogP contribution in [0.3, 0.4) is 0 Å². The summed E-state index contributed by atoms with van der Waals surface area (Å²) in [5.41, 5.74) is 8.81. The van der Waals surface area contributed by atoms with Crippen LogP contribution in [-0.4, -0.2) is 9.55 Å². The van der Waals surface area contributed by atoms with Crippen molar-refractivity contribution in [2.24, 2.45) is 0 Å². The van der Waals surface area contributed by atoms with Crippen molar-refractivity contribution in [1.82, 2.24) is 9.55 Å². The molecule has 108 valence electrons. The van der Waals surface area contributed by atoms with Crippen molar-refractivity contribution in [3.63, 3.8) is 0 Å². The largest absolute Gasteiger partial charge is 0.398 e. The Labute approximate surface area is 127 Å². The predicted octanol–water partition coefficient (Wildman–Crippen LogP) is 4.49. The maximum atomic E-state index is 13.4. The molecule has 0 radical (unpaired) electrons. The van der Waals surface area contributed by atoms with Crippen LogP contribution < -0.4 is 5.73 Å². The lowest BCUT2D eigenvalue weighted by Gasteiger charge is -2.11. The van der Waals surface area contributed by atoms with Crippen LogP contribution in [0.25, 0.3) is 22.4 Å². The van der Waals surface area contributed by atoms with Crippen LogP contribution in [0, 0.1) is 5.82 Å². The van der Waals surface area contributed by atoms with Crippen molar-refractivity contribution in [2.45, 2.75) is 19.9 Å². The summed E-state index contributed by atoms with van der Waals surface area (Å²) >= 11 is 6.29. The Kier molecular flexibility index (Phi) is 3.55. The van der Waals surface area contributed by atoms with E-state index < -0.39 is 0 Å². The summed E-state index contributed by atoms with van der Waals surface area (Å²) in [6.07, 6.45) is 0.931. The van der Waals surface area contributed by atoms with E-state index in [1.165, 1.54) is 12.1 Å². The van der Waals surface area contributed by atoms with Crippen LogP contribution >= 0.6 is 11.6 Å². The Morgan fingerprint density at radius 1 is 1.29 bits per heavy atom. The van der Waals surface area contributed by atoms with Crippen molar-refractivity contribution in [3.05, 3.63) is 47.2 Å². The zero-order chi connectivity index (χ0) is 15.0. The second kappa shape index (κ2) is 5.37. The predicted molar refractivity (Wildman–Crippen MR) is 84.8 cm³/mol. The Hall–Kier alpha value is -2.07. The average Bonchev–Trinajstić information content (AvgIpc) is 2.77. The highest BCUT2D eigenvalue weighted by atomic mass is 35.5. The number of benzene rings is 2. The highest BCUT2D eigenvalue weighted by molar-refractivity contribution is 6.33. The molecule has 0 fully saturated rings. The van der Waals surface area contributed by atoms with Crippen molar-refractivity contribution in [2.75, 3.05) is 5.73 Å². The average molecular weight is 304 g/mol. The minimum atomic E-state index is -0.303. The van der Waals surface area contributed by atoms with Crippen LogP contribution in [0.2, 0.25) is 5.02 Å². The third-order valence-electron chi connectivity index (χ3n) is 3.43. The quantitative estimate of drug-likeness (QED) is 0.725. The number of nitrogens with two attached hydrogens (primary N) is 1. The standard InChI is InChI=1S/C16H15ClFN3/c1-2-8-21-14-7-6-10(18)9-13(14)20-16(21)15-11(17)4-3-5-12(15)19/h3-7,9H,2,8,19H2,1H3. The molecular formula is C16H15ClFN3. The molecule has 1 heterocycles. The summed E-state index contributed by atoms with van der Waals surface area (Å²) in [6, 6.07) is 9.98. The van der Waals surface area contributed by atoms with Gasteiger partial charge in [0, 0.05) is 18.3 Å². The number of halogens is 2. The summed E-state index contributed by atoms with van der Waals surface area (Å²) in [6.45, 7) is 2.84.